The lowest BCUT2D eigenvalue weighted by Crippen LogP contribution is -2.31. The van der Waals surface area contributed by atoms with Crippen molar-refractivity contribution in [1.82, 2.24) is 9.62 Å². The van der Waals surface area contributed by atoms with Crippen LogP contribution in [0.1, 0.15) is 41.4 Å². The Balaban J connectivity index is 1.85. The van der Waals surface area contributed by atoms with E-state index in [1.165, 1.54) is 16.4 Å². The van der Waals surface area contributed by atoms with Crippen molar-refractivity contribution in [1.29, 1.82) is 0 Å². The average molecular weight is 423 g/mol. The molecule has 6 heteroatoms. The van der Waals surface area contributed by atoms with Gasteiger partial charge in [0.1, 0.15) is 0 Å². The molecule has 0 unspecified atom stereocenters. The molecule has 3 aromatic carbocycles. The molecule has 0 atom stereocenters. The van der Waals surface area contributed by atoms with Crippen molar-refractivity contribution in [3.8, 4) is 0 Å². The summed E-state index contributed by atoms with van der Waals surface area (Å²) in [7, 11) is -3.55. The van der Waals surface area contributed by atoms with Gasteiger partial charge in [-0.15, -0.1) is 0 Å². The van der Waals surface area contributed by atoms with Crippen molar-refractivity contribution in [2.75, 3.05) is 13.1 Å². The second-order valence-electron chi connectivity index (χ2n) is 6.84. The summed E-state index contributed by atoms with van der Waals surface area (Å²) in [5.41, 5.74) is 2.35. The molecule has 1 N–H and O–H groups in total. The van der Waals surface area contributed by atoms with E-state index >= 15 is 0 Å². The van der Waals surface area contributed by atoms with Gasteiger partial charge in [-0.1, -0.05) is 74.5 Å². The van der Waals surface area contributed by atoms with E-state index in [0.717, 1.165) is 11.1 Å². The normalized spacial score (nSPS) is 11.6. The minimum Gasteiger partial charge on any atom is -0.341 e. The Morgan fingerprint density at radius 1 is 0.800 bits per heavy atom. The highest BCUT2D eigenvalue weighted by Crippen LogP contribution is 2.23. The Bertz CT molecular complexity index is 1020. The maximum atomic E-state index is 12.9. The van der Waals surface area contributed by atoms with Crippen LogP contribution in [0.25, 0.3) is 0 Å². The Labute approximate surface area is 178 Å². The molecular weight excluding hydrogens is 396 g/mol. The number of carbonyl (C=O) groups is 1. The Hall–Kier alpha value is -2.96. The first-order valence-electron chi connectivity index (χ1n) is 9.98. The van der Waals surface area contributed by atoms with Crippen LogP contribution in [-0.2, 0) is 10.0 Å². The van der Waals surface area contributed by atoms with Gasteiger partial charge in [0.25, 0.3) is 5.91 Å². The number of benzene rings is 3. The molecule has 5 nitrogen and oxygen atoms in total. The number of amides is 1. The number of hydrogen-bond acceptors (Lipinski definition) is 3. The van der Waals surface area contributed by atoms with Crippen LogP contribution in [0.2, 0.25) is 0 Å². The van der Waals surface area contributed by atoms with Crippen LogP contribution < -0.4 is 5.32 Å². The molecule has 0 saturated carbocycles. The van der Waals surface area contributed by atoms with Crippen molar-refractivity contribution in [2.45, 2.75) is 24.8 Å². The highest BCUT2D eigenvalue weighted by atomic mass is 32.2. The van der Waals surface area contributed by atoms with Crippen LogP contribution in [0.4, 0.5) is 0 Å². The molecule has 3 aromatic rings. The van der Waals surface area contributed by atoms with Crippen LogP contribution in [0.15, 0.2) is 89.8 Å². The van der Waals surface area contributed by atoms with Crippen molar-refractivity contribution >= 4 is 15.9 Å². The smallest absolute Gasteiger partial charge is 0.252 e. The summed E-state index contributed by atoms with van der Waals surface area (Å²) in [6, 6.07) is 25.3. The van der Waals surface area contributed by atoms with Gasteiger partial charge in [0, 0.05) is 18.7 Å². The minimum atomic E-state index is -3.55. The molecule has 0 aliphatic heterocycles. The summed E-state index contributed by atoms with van der Waals surface area (Å²) in [5.74, 6) is -0.264. The van der Waals surface area contributed by atoms with Gasteiger partial charge in [-0.25, -0.2) is 8.42 Å². The van der Waals surface area contributed by atoms with E-state index in [2.05, 4.69) is 5.32 Å². The molecule has 1 amide bonds. The largest absolute Gasteiger partial charge is 0.341 e. The molecule has 0 fully saturated rings. The second-order valence-corrected chi connectivity index (χ2v) is 8.78. The van der Waals surface area contributed by atoms with E-state index in [0.29, 0.717) is 18.7 Å². The van der Waals surface area contributed by atoms with Gasteiger partial charge >= 0.3 is 0 Å². The lowest BCUT2D eigenvalue weighted by molar-refractivity contribution is 0.0943. The van der Waals surface area contributed by atoms with E-state index in [9.17, 15) is 13.2 Å². The average Bonchev–Trinajstić information content (AvgIpc) is 2.79. The minimum absolute atomic E-state index is 0.186. The maximum Gasteiger partial charge on any atom is 0.252 e. The first-order chi connectivity index (χ1) is 14.5. The number of nitrogens with zero attached hydrogens (tertiary/aromatic N) is 1. The molecular formula is C24H26N2O3S. The molecule has 0 bridgehead atoms. The van der Waals surface area contributed by atoms with Crippen LogP contribution in [0.5, 0.6) is 0 Å². The van der Waals surface area contributed by atoms with Gasteiger partial charge in [0.05, 0.1) is 10.9 Å². The third kappa shape index (κ3) is 4.78. The van der Waals surface area contributed by atoms with Crippen LogP contribution in [-0.4, -0.2) is 31.7 Å². The number of rotatable bonds is 8. The van der Waals surface area contributed by atoms with E-state index in [-0.39, 0.29) is 16.8 Å². The van der Waals surface area contributed by atoms with Gasteiger partial charge in [-0.2, -0.15) is 4.31 Å². The summed E-state index contributed by atoms with van der Waals surface area (Å²) in [6.07, 6.45) is 0. The molecule has 0 aromatic heterocycles. The lowest BCUT2D eigenvalue weighted by atomic mass is 9.98. The van der Waals surface area contributed by atoms with Crippen LogP contribution >= 0.6 is 0 Å². The zero-order chi connectivity index (χ0) is 21.6. The van der Waals surface area contributed by atoms with Crippen molar-refractivity contribution in [3.05, 3.63) is 102 Å². The molecule has 0 saturated heterocycles. The van der Waals surface area contributed by atoms with Gasteiger partial charge in [0.2, 0.25) is 10.0 Å². The summed E-state index contributed by atoms with van der Waals surface area (Å²) in [4.78, 5) is 13.1. The molecule has 0 heterocycles. The van der Waals surface area contributed by atoms with Gasteiger partial charge in [-0.3, -0.25) is 4.79 Å². The van der Waals surface area contributed by atoms with E-state index < -0.39 is 10.0 Å². The summed E-state index contributed by atoms with van der Waals surface area (Å²) in [6.45, 7) is 4.40. The predicted molar refractivity (Wildman–Crippen MR) is 119 cm³/mol. The quantitative estimate of drug-likeness (QED) is 0.591. The standard InChI is InChI=1S/C24H26N2O3S/c1-3-26(4-2)30(28,29)22-17-15-21(16-18-22)24(27)25-23(19-11-7-5-8-12-19)20-13-9-6-10-14-20/h5-18,23H,3-4H2,1-2H3,(H,25,27). The molecule has 0 spiro atoms. The molecule has 0 aliphatic rings. The molecule has 0 aliphatic carbocycles. The third-order valence-corrected chi connectivity index (χ3v) is 7.07. The fourth-order valence-electron chi connectivity index (χ4n) is 3.36. The van der Waals surface area contributed by atoms with Gasteiger partial charge in [0.15, 0.2) is 0 Å². The number of hydrogen-bond donors (Lipinski definition) is 1. The summed E-state index contributed by atoms with van der Waals surface area (Å²) < 4.78 is 26.7. The molecule has 156 valence electrons. The molecule has 3 rings (SSSR count). The fourth-order valence-corrected chi connectivity index (χ4v) is 4.81. The fraction of sp³-hybridized carbons (Fsp3) is 0.208. The Morgan fingerprint density at radius 2 is 1.27 bits per heavy atom. The number of nitrogens with one attached hydrogen (secondary N) is 1. The maximum absolute atomic E-state index is 12.9. The van der Waals surface area contributed by atoms with Crippen molar-refractivity contribution in [2.24, 2.45) is 0 Å². The summed E-state index contributed by atoms with van der Waals surface area (Å²) in [5, 5.41) is 3.07. The van der Waals surface area contributed by atoms with E-state index in [1.54, 1.807) is 26.0 Å². The molecule has 0 radical (unpaired) electrons. The highest BCUT2D eigenvalue weighted by molar-refractivity contribution is 7.89. The van der Waals surface area contributed by atoms with Gasteiger partial charge in [-0.05, 0) is 35.4 Å². The first-order valence-corrected chi connectivity index (χ1v) is 11.4. The van der Waals surface area contributed by atoms with Gasteiger partial charge < -0.3 is 5.32 Å². The SMILES string of the molecule is CCN(CC)S(=O)(=O)c1ccc(C(=O)NC(c2ccccc2)c2ccccc2)cc1. The zero-order valence-corrected chi connectivity index (χ0v) is 18.0. The topological polar surface area (TPSA) is 66.5 Å². The third-order valence-electron chi connectivity index (χ3n) is 5.00. The lowest BCUT2D eigenvalue weighted by Gasteiger charge is -2.20. The van der Waals surface area contributed by atoms with Crippen LogP contribution in [0, 0.1) is 0 Å². The van der Waals surface area contributed by atoms with Crippen LogP contribution in [0.3, 0.4) is 0 Å². The van der Waals surface area contributed by atoms with E-state index in [4.69, 9.17) is 0 Å². The molecule has 30 heavy (non-hydrogen) atoms. The van der Waals surface area contributed by atoms with Crippen molar-refractivity contribution in [3.63, 3.8) is 0 Å². The monoisotopic (exact) mass is 422 g/mol. The summed E-state index contributed by atoms with van der Waals surface area (Å²) >= 11 is 0. The Kier molecular flexibility index (Phi) is 7.03. The zero-order valence-electron chi connectivity index (χ0n) is 17.2. The number of sulfonamides is 1. The predicted octanol–water partition coefficient (Wildman–Crippen LogP) is 4.24. The van der Waals surface area contributed by atoms with Crippen molar-refractivity contribution < 1.29 is 13.2 Å². The second kappa shape index (κ2) is 9.69. The Morgan fingerprint density at radius 3 is 1.70 bits per heavy atom. The number of carbonyl (C=O) groups excluding carboxylic acids is 1. The first kappa shape index (κ1) is 21.7. The van der Waals surface area contributed by atoms with E-state index in [1.807, 2.05) is 60.7 Å². The highest BCUT2D eigenvalue weighted by Gasteiger charge is 2.22.